The summed E-state index contributed by atoms with van der Waals surface area (Å²) in [5.41, 5.74) is 2.83. The van der Waals surface area contributed by atoms with Crippen molar-refractivity contribution in [3.05, 3.63) is 52.4 Å². The largest absolute Gasteiger partial charge is 0.266 e. The molecular formula is C13H8ClN3S. The zero-order valence-corrected chi connectivity index (χ0v) is 10.8. The van der Waals surface area contributed by atoms with Gasteiger partial charge in [0.25, 0.3) is 0 Å². The average molecular weight is 274 g/mol. The molecule has 0 saturated carbocycles. The van der Waals surface area contributed by atoms with Crippen LogP contribution in [0.15, 0.2) is 42.6 Å². The van der Waals surface area contributed by atoms with Crippen molar-refractivity contribution in [3.63, 3.8) is 0 Å². The van der Waals surface area contributed by atoms with E-state index in [-0.39, 0.29) is 0 Å². The minimum absolute atomic E-state index is 0.393. The van der Waals surface area contributed by atoms with E-state index in [1.807, 2.05) is 30.3 Å². The number of pyridine rings is 1. The predicted octanol–water partition coefficient (Wildman–Crippen LogP) is 4.01. The Bertz CT molecular complexity index is 782. The smallest absolute Gasteiger partial charge is 0.150 e. The molecule has 18 heavy (non-hydrogen) atoms. The summed E-state index contributed by atoms with van der Waals surface area (Å²) in [5, 5.41) is 8.04. The summed E-state index contributed by atoms with van der Waals surface area (Å²) in [6.07, 6.45) is 1.78. The molecule has 2 aromatic heterocycles. The van der Waals surface area contributed by atoms with Gasteiger partial charge in [0, 0.05) is 17.1 Å². The van der Waals surface area contributed by atoms with E-state index in [0.717, 1.165) is 22.0 Å². The quantitative estimate of drug-likeness (QED) is 0.681. The summed E-state index contributed by atoms with van der Waals surface area (Å²) in [4.78, 5) is 4.28. The Morgan fingerprint density at radius 3 is 2.94 bits per heavy atom. The molecule has 3 aromatic rings. The van der Waals surface area contributed by atoms with Crippen LogP contribution in [-0.4, -0.2) is 15.2 Å². The number of nitrogens with zero attached hydrogens (tertiary/aromatic N) is 2. The van der Waals surface area contributed by atoms with Crippen LogP contribution in [-0.2, 0) is 0 Å². The van der Waals surface area contributed by atoms with Gasteiger partial charge < -0.3 is 0 Å². The normalized spacial score (nSPS) is 10.7. The highest BCUT2D eigenvalue weighted by Gasteiger charge is 2.04. The first-order chi connectivity index (χ1) is 8.74. The van der Waals surface area contributed by atoms with E-state index in [2.05, 4.69) is 15.2 Å². The molecule has 3 nitrogen and oxygen atoms in total. The molecule has 0 unspecified atom stereocenters. The molecule has 0 saturated heterocycles. The van der Waals surface area contributed by atoms with Gasteiger partial charge in [-0.05, 0) is 29.8 Å². The Hall–Kier alpha value is -1.78. The van der Waals surface area contributed by atoms with Crippen molar-refractivity contribution < 1.29 is 0 Å². The van der Waals surface area contributed by atoms with Crippen molar-refractivity contribution in [1.82, 2.24) is 15.2 Å². The number of aromatic nitrogens is 3. The van der Waals surface area contributed by atoms with E-state index in [4.69, 9.17) is 23.8 Å². The van der Waals surface area contributed by atoms with Crippen molar-refractivity contribution >= 4 is 34.7 Å². The second-order valence-electron chi connectivity index (χ2n) is 3.84. The summed E-state index contributed by atoms with van der Waals surface area (Å²) in [7, 11) is 0. The maximum atomic E-state index is 5.88. The number of benzene rings is 1. The highest BCUT2D eigenvalue weighted by atomic mass is 35.5. The summed E-state index contributed by atoms with van der Waals surface area (Å²) in [6.45, 7) is 0. The van der Waals surface area contributed by atoms with Crippen LogP contribution >= 0.6 is 23.8 Å². The van der Waals surface area contributed by atoms with E-state index < -0.39 is 0 Å². The lowest BCUT2D eigenvalue weighted by molar-refractivity contribution is 1.02. The molecule has 2 heterocycles. The fraction of sp³-hybridized carbons (Fsp3) is 0. The van der Waals surface area contributed by atoms with E-state index in [0.29, 0.717) is 9.79 Å². The average Bonchev–Trinajstić information content (AvgIpc) is 2.41. The number of fused-ring (bicyclic) bond motifs is 1. The molecule has 0 aliphatic heterocycles. The van der Waals surface area contributed by atoms with Gasteiger partial charge in [0.1, 0.15) is 9.79 Å². The van der Waals surface area contributed by atoms with Crippen LogP contribution < -0.4 is 0 Å². The summed E-state index contributed by atoms with van der Waals surface area (Å²) in [6, 6.07) is 11.7. The molecule has 1 N–H and O–H groups in total. The molecule has 0 amide bonds. The molecule has 3 rings (SSSR count). The van der Waals surface area contributed by atoms with Crippen LogP contribution in [0.3, 0.4) is 0 Å². The minimum Gasteiger partial charge on any atom is -0.266 e. The zero-order valence-electron chi connectivity index (χ0n) is 9.22. The third kappa shape index (κ3) is 2.00. The van der Waals surface area contributed by atoms with Gasteiger partial charge in [-0.2, -0.15) is 5.10 Å². The first-order valence-corrected chi connectivity index (χ1v) is 6.13. The van der Waals surface area contributed by atoms with Gasteiger partial charge in [-0.1, -0.05) is 36.0 Å². The highest BCUT2D eigenvalue weighted by Crippen LogP contribution is 2.25. The second kappa shape index (κ2) is 4.48. The standard InChI is InChI=1S/C13H8ClN3S/c14-12-7-10(13(18)17-16-12)8-3-4-11-9(6-8)2-1-5-15-11/h1-7H,(H,17,18). The summed E-state index contributed by atoms with van der Waals surface area (Å²) < 4.78 is 0.572. The first-order valence-electron chi connectivity index (χ1n) is 5.34. The topological polar surface area (TPSA) is 41.6 Å². The molecule has 0 spiro atoms. The van der Waals surface area contributed by atoms with Crippen molar-refractivity contribution in [3.8, 4) is 11.1 Å². The lowest BCUT2D eigenvalue weighted by atomic mass is 10.1. The lowest BCUT2D eigenvalue weighted by Gasteiger charge is -2.04. The Labute approximate surface area is 113 Å². The van der Waals surface area contributed by atoms with Crippen LogP contribution in [0.1, 0.15) is 0 Å². The number of aromatic amines is 1. The SMILES string of the molecule is S=c1[nH]nc(Cl)cc1-c1ccc2ncccc2c1. The molecular weight excluding hydrogens is 266 g/mol. The van der Waals surface area contributed by atoms with Crippen molar-refractivity contribution in [1.29, 1.82) is 0 Å². The minimum atomic E-state index is 0.393. The van der Waals surface area contributed by atoms with Gasteiger partial charge in [0.2, 0.25) is 0 Å². The number of rotatable bonds is 1. The Balaban J connectivity index is 2.25. The number of nitrogens with one attached hydrogen (secondary N) is 1. The number of hydrogen-bond donors (Lipinski definition) is 1. The van der Waals surface area contributed by atoms with E-state index in [9.17, 15) is 0 Å². The maximum absolute atomic E-state index is 5.88. The molecule has 0 radical (unpaired) electrons. The maximum Gasteiger partial charge on any atom is 0.150 e. The van der Waals surface area contributed by atoms with Crippen LogP contribution in [0.5, 0.6) is 0 Å². The van der Waals surface area contributed by atoms with Gasteiger partial charge in [0.15, 0.2) is 0 Å². The van der Waals surface area contributed by atoms with E-state index >= 15 is 0 Å². The van der Waals surface area contributed by atoms with Gasteiger partial charge in [-0.3, -0.25) is 10.1 Å². The zero-order chi connectivity index (χ0) is 12.5. The molecule has 88 valence electrons. The van der Waals surface area contributed by atoms with Crippen LogP contribution in [0.2, 0.25) is 5.15 Å². The third-order valence-corrected chi connectivity index (χ3v) is 3.19. The first kappa shape index (κ1) is 11.3. The van der Waals surface area contributed by atoms with E-state index in [1.165, 1.54) is 0 Å². The van der Waals surface area contributed by atoms with E-state index in [1.54, 1.807) is 12.3 Å². The fourth-order valence-electron chi connectivity index (χ4n) is 1.84. The van der Waals surface area contributed by atoms with Crippen LogP contribution in [0, 0.1) is 4.64 Å². The Kier molecular flexibility index (Phi) is 2.81. The van der Waals surface area contributed by atoms with Crippen molar-refractivity contribution in [2.75, 3.05) is 0 Å². The molecule has 0 aliphatic carbocycles. The molecule has 0 bridgehead atoms. The molecule has 0 fully saturated rings. The monoisotopic (exact) mass is 273 g/mol. The molecule has 5 heteroatoms. The second-order valence-corrected chi connectivity index (χ2v) is 4.64. The third-order valence-electron chi connectivity index (χ3n) is 2.69. The fourth-order valence-corrected chi connectivity index (χ4v) is 2.21. The molecule has 1 aromatic carbocycles. The Morgan fingerprint density at radius 1 is 1.17 bits per heavy atom. The van der Waals surface area contributed by atoms with Crippen molar-refractivity contribution in [2.24, 2.45) is 0 Å². The number of H-pyrrole nitrogens is 1. The Morgan fingerprint density at radius 2 is 2.06 bits per heavy atom. The van der Waals surface area contributed by atoms with Gasteiger partial charge in [0.05, 0.1) is 5.52 Å². The number of hydrogen-bond acceptors (Lipinski definition) is 3. The van der Waals surface area contributed by atoms with Gasteiger partial charge in [-0.25, -0.2) is 0 Å². The van der Waals surface area contributed by atoms with Crippen molar-refractivity contribution in [2.45, 2.75) is 0 Å². The van der Waals surface area contributed by atoms with Crippen LogP contribution in [0.25, 0.3) is 22.0 Å². The lowest BCUT2D eigenvalue weighted by Crippen LogP contribution is -1.88. The predicted molar refractivity (Wildman–Crippen MR) is 75.2 cm³/mol. The van der Waals surface area contributed by atoms with Gasteiger partial charge in [-0.15, -0.1) is 0 Å². The summed E-state index contributed by atoms with van der Waals surface area (Å²) in [5.74, 6) is 0. The molecule has 0 aliphatic rings. The van der Waals surface area contributed by atoms with Gasteiger partial charge >= 0.3 is 0 Å². The highest BCUT2D eigenvalue weighted by molar-refractivity contribution is 7.71. The number of halogens is 1. The molecule has 0 atom stereocenters. The summed E-state index contributed by atoms with van der Waals surface area (Å²) >= 11 is 11.1. The van der Waals surface area contributed by atoms with Crippen LogP contribution in [0.4, 0.5) is 0 Å².